The van der Waals surface area contributed by atoms with Gasteiger partial charge in [0.1, 0.15) is 5.75 Å². The molecule has 0 radical (unpaired) electrons. The van der Waals surface area contributed by atoms with Gasteiger partial charge in [0.05, 0.1) is 12.2 Å². The fraction of sp³-hybridized carbons (Fsp3) is 0.409. The average molecular weight is 420 g/mol. The number of nitrogens with zero attached hydrogens (tertiary/aromatic N) is 6. The van der Waals surface area contributed by atoms with Gasteiger partial charge >= 0.3 is 0 Å². The van der Waals surface area contributed by atoms with Gasteiger partial charge in [0.15, 0.2) is 6.10 Å². The standard InChI is InChI=1S/C22H24N6O3/c1-14-12-15(2)28-22(23-14)24-19(25-28)21(30)27-13-18(20(29)26-10-6-3-7-11-26)31-17-9-5-4-8-16(17)27/h4-5,8-9,12,18H,3,6-7,10-11,13H2,1-2H3/t18-/m0/s1. The van der Waals surface area contributed by atoms with Crippen LogP contribution in [0.2, 0.25) is 0 Å². The van der Waals surface area contributed by atoms with Crippen LogP contribution in [0, 0.1) is 13.8 Å². The van der Waals surface area contributed by atoms with E-state index in [-0.39, 0.29) is 24.2 Å². The van der Waals surface area contributed by atoms with Gasteiger partial charge < -0.3 is 9.64 Å². The van der Waals surface area contributed by atoms with Crippen molar-refractivity contribution in [2.75, 3.05) is 24.5 Å². The van der Waals surface area contributed by atoms with Crippen LogP contribution in [0.5, 0.6) is 5.75 Å². The summed E-state index contributed by atoms with van der Waals surface area (Å²) in [7, 11) is 0. The summed E-state index contributed by atoms with van der Waals surface area (Å²) in [6, 6.07) is 9.12. The Bertz CT molecular complexity index is 1170. The first kappa shape index (κ1) is 19.5. The molecule has 2 aliphatic heterocycles. The molecule has 1 fully saturated rings. The van der Waals surface area contributed by atoms with Gasteiger partial charge in [-0.25, -0.2) is 9.50 Å². The summed E-state index contributed by atoms with van der Waals surface area (Å²) in [4.78, 5) is 38.7. The van der Waals surface area contributed by atoms with Gasteiger partial charge in [0.2, 0.25) is 5.82 Å². The minimum absolute atomic E-state index is 0.0436. The maximum atomic E-state index is 13.5. The summed E-state index contributed by atoms with van der Waals surface area (Å²) in [5.74, 6) is 0.467. The number of hydrogen-bond donors (Lipinski definition) is 0. The Hall–Kier alpha value is -3.49. The molecule has 1 atom stereocenters. The van der Waals surface area contributed by atoms with E-state index in [1.807, 2.05) is 36.9 Å². The summed E-state index contributed by atoms with van der Waals surface area (Å²) in [6.45, 7) is 5.34. The van der Waals surface area contributed by atoms with Crippen molar-refractivity contribution in [1.29, 1.82) is 0 Å². The predicted octanol–water partition coefficient (Wildman–Crippen LogP) is 2.16. The van der Waals surface area contributed by atoms with E-state index in [0.29, 0.717) is 17.2 Å². The van der Waals surface area contributed by atoms with E-state index >= 15 is 0 Å². The smallest absolute Gasteiger partial charge is 0.298 e. The normalized spacial score (nSPS) is 18.6. The highest BCUT2D eigenvalue weighted by Gasteiger charge is 2.37. The van der Waals surface area contributed by atoms with Gasteiger partial charge in [-0.2, -0.15) is 4.98 Å². The third kappa shape index (κ3) is 3.49. The summed E-state index contributed by atoms with van der Waals surface area (Å²) in [5.41, 5.74) is 2.25. The summed E-state index contributed by atoms with van der Waals surface area (Å²) < 4.78 is 7.57. The Morgan fingerprint density at radius 2 is 1.84 bits per heavy atom. The number of para-hydroxylation sites is 2. The van der Waals surface area contributed by atoms with E-state index in [9.17, 15) is 9.59 Å². The second-order valence-electron chi connectivity index (χ2n) is 8.06. The molecule has 9 heteroatoms. The predicted molar refractivity (Wildman–Crippen MR) is 113 cm³/mol. The first-order chi connectivity index (χ1) is 15.0. The molecule has 160 valence electrons. The third-order valence-electron chi connectivity index (χ3n) is 5.77. The highest BCUT2D eigenvalue weighted by molar-refractivity contribution is 6.05. The molecule has 0 unspecified atom stereocenters. The SMILES string of the molecule is Cc1cc(C)n2nc(C(=O)N3C[C@@H](C(=O)N4CCCCC4)Oc4ccccc43)nc2n1. The van der Waals surface area contributed by atoms with Crippen LogP contribution in [0.3, 0.4) is 0 Å². The number of carbonyl (C=O) groups excluding carboxylic acids is 2. The van der Waals surface area contributed by atoms with Crippen molar-refractivity contribution in [3.63, 3.8) is 0 Å². The van der Waals surface area contributed by atoms with Gasteiger partial charge in [-0.1, -0.05) is 12.1 Å². The lowest BCUT2D eigenvalue weighted by atomic mass is 10.1. The number of anilines is 1. The summed E-state index contributed by atoms with van der Waals surface area (Å²) in [5, 5.41) is 4.38. The van der Waals surface area contributed by atoms with E-state index in [1.165, 1.54) is 0 Å². The fourth-order valence-electron chi connectivity index (χ4n) is 4.25. The Morgan fingerprint density at radius 1 is 1.06 bits per heavy atom. The third-order valence-corrected chi connectivity index (χ3v) is 5.77. The number of aryl methyl sites for hydroxylation is 2. The Balaban J connectivity index is 1.49. The van der Waals surface area contributed by atoms with E-state index in [4.69, 9.17) is 4.74 Å². The Labute approximate surface area is 179 Å². The quantitative estimate of drug-likeness (QED) is 0.631. The number of aromatic nitrogens is 4. The molecule has 5 rings (SSSR count). The van der Waals surface area contributed by atoms with Crippen LogP contribution in [0.25, 0.3) is 5.78 Å². The highest BCUT2D eigenvalue weighted by Crippen LogP contribution is 2.34. The minimum Gasteiger partial charge on any atom is -0.476 e. The molecule has 2 aromatic heterocycles. The van der Waals surface area contributed by atoms with E-state index in [2.05, 4.69) is 15.1 Å². The zero-order valence-electron chi connectivity index (χ0n) is 17.6. The molecule has 2 amide bonds. The van der Waals surface area contributed by atoms with Gasteiger partial charge in [0, 0.05) is 24.5 Å². The molecule has 0 N–H and O–H groups in total. The lowest BCUT2D eigenvalue weighted by Crippen LogP contribution is -2.53. The van der Waals surface area contributed by atoms with Crippen LogP contribution in [0.4, 0.5) is 5.69 Å². The number of piperidine rings is 1. The highest BCUT2D eigenvalue weighted by atomic mass is 16.5. The Morgan fingerprint density at radius 3 is 2.65 bits per heavy atom. The zero-order chi connectivity index (χ0) is 21.5. The number of likely N-dealkylation sites (tertiary alicyclic amines) is 1. The molecule has 9 nitrogen and oxygen atoms in total. The topological polar surface area (TPSA) is 92.9 Å². The number of amides is 2. The number of hydrogen-bond acceptors (Lipinski definition) is 6. The van der Waals surface area contributed by atoms with Crippen LogP contribution >= 0.6 is 0 Å². The molecule has 1 saturated heterocycles. The van der Waals surface area contributed by atoms with Crippen molar-refractivity contribution < 1.29 is 14.3 Å². The van der Waals surface area contributed by atoms with Crippen molar-refractivity contribution in [2.45, 2.75) is 39.2 Å². The monoisotopic (exact) mass is 420 g/mol. The van der Waals surface area contributed by atoms with E-state index < -0.39 is 6.10 Å². The molecule has 0 spiro atoms. The van der Waals surface area contributed by atoms with Crippen LogP contribution in [-0.2, 0) is 4.79 Å². The molecule has 0 saturated carbocycles. The van der Waals surface area contributed by atoms with Crippen molar-refractivity contribution >= 4 is 23.3 Å². The number of carbonyl (C=O) groups is 2. The van der Waals surface area contributed by atoms with Crippen molar-refractivity contribution in [1.82, 2.24) is 24.5 Å². The van der Waals surface area contributed by atoms with Crippen LogP contribution < -0.4 is 9.64 Å². The first-order valence-corrected chi connectivity index (χ1v) is 10.6. The largest absolute Gasteiger partial charge is 0.476 e. The molecule has 31 heavy (non-hydrogen) atoms. The molecule has 3 aromatic rings. The second kappa shape index (κ2) is 7.64. The number of rotatable bonds is 2. The number of benzene rings is 1. The lowest BCUT2D eigenvalue weighted by Gasteiger charge is -2.37. The van der Waals surface area contributed by atoms with E-state index in [1.54, 1.807) is 21.5 Å². The molecule has 2 aliphatic rings. The maximum absolute atomic E-state index is 13.5. The van der Waals surface area contributed by atoms with Crippen LogP contribution in [-0.4, -0.2) is 62.0 Å². The Kier molecular flexibility index (Phi) is 4.80. The number of ether oxygens (including phenoxy) is 1. The molecule has 1 aromatic carbocycles. The van der Waals surface area contributed by atoms with Gasteiger partial charge in [0.25, 0.3) is 17.6 Å². The van der Waals surface area contributed by atoms with Crippen molar-refractivity contribution in [2.24, 2.45) is 0 Å². The van der Waals surface area contributed by atoms with E-state index in [0.717, 1.165) is 43.7 Å². The molecule has 0 aliphatic carbocycles. The average Bonchev–Trinajstić information content (AvgIpc) is 3.22. The van der Waals surface area contributed by atoms with Gasteiger partial charge in [-0.3, -0.25) is 14.5 Å². The van der Waals surface area contributed by atoms with Gasteiger partial charge in [-0.05, 0) is 51.3 Å². The lowest BCUT2D eigenvalue weighted by molar-refractivity contribution is -0.139. The number of fused-ring (bicyclic) bond motifs is 2. The molecular formula is C22H24N6O3. The maximum Gasteiger partial charge on any atom is 0.298 e. The first-order valence-electron chi connectivity index (χ1n) is 10.6. The summed E-state index contributed by atoms with van der Waals surface area (Å²) >= 11 is 0. The van der Waals surface area contributed by atoms with Crippen LogP contribution in [0.15, 0.2) is 30.3 Å². The van der Waals surface area contributed by atoms with Crippen molar-refractivity contribution in [3.05, 3.63) is 47.5 Å². The van der Waals surface area contributed by atoms with Gasteiger partial charge in [-0.15, -0.1) is 5.10 Å². The fourth-order valence-corrected chi connectivity index (χ4v) is 4.25. The zero-order valence-corrected chi connectivity index (χ0v) is 17.6. The minimum atomic E-state index is -0.754. The summed E-state index contributed by atoms with van der Waals surface area (Å²) in [6.07, 6.45) is 2.37. The molecule has 4 heterocycles. The molecule has 0 bridgehead atoms. The second-order valence-corrected chi connectivity index (χ2v) is 8.06. The van der Waals surface area contributed by atoms with Crippen LogP contribution in [0.1, 0.15) is 41.3 Å². The van der Waals surface area contributed by atoms with Crippen molar-refractivity contribution in [3.8, 4) is 5.75 Å². The molecular weight excluding hydrogens is 396 g/mol.